The van der Waals surface area contributed by atoms with E-state index in [1.807, 2.05) is 13.8 Å². The van der Waals surface area contributed by atoms with Gasteiger partial charge < -0.3 is 9.64 Å². The molecule has 7 nitrogen and oxygen atoms in total. The number of rotatable bonds is 6. The first-order valence-corrected chi connectivity index (χ1v) is 9.00. The molecular formula is C13H25N3O4S. The van der Waals surface area contributed by atoms with Crippen LogP contribution < -0.4 is 4.72 Å². The number of carbonyl (C=O) groups is 1. The van der Waals surface area contributed by atoms with E-state index in [-0.39, 0.29) is 18.1 Å². The van der Waals surface area contributed by atoms with Crippen LogP contribution >= 0.6 is 0 Å². The molecule has 0 bridgehead atoms. The van der Waals surface area contributed by atoms with Crippen LogP contribution in [0.3, 0.4) is 0 Å². The highest BCUT2D eigenvalue weighted by molar-refractivity contribution is 7.87. The molecule has 2 aliphatic heterocycles. The summed E-state index contributed by atoms with van der Waals surface area (Å²) in [7, 11) is -3.46. The SMILES string of the molecule is C[C@@H]1CN(S(=O)(=O)NCCCN2CCCC2=O)C[C@H](C)O1. The molecule has 2 heterocycles. The van der Waals surface area contributed by atoms with Crippen LogP contribution in [-0.4, -0.2) is 68.5 Å². The van der Waals surface area contributed by atoms with E-state index >= 15 is 0 Å². The Kier molecular flexibility index (Phi) is 5.59. The minimum absolute atomic E-state index is 0.0902. The van der Waals surface area contributed by atoms with Crippen LogP contribution in [0.25, 0.3) is 0 Å². The second-order valence-electron chi connectivity index (χ2n) is 5.81. The van der Waals surface area contributed by atoms with E-state index < -0.39 is 10.2 Å². The standard InChI is InChI=1S/C13H25N3O4S/c1-11-9-16(10-12(2)20-11)21(18,19)14-6-4-8-15-7-3-5-13(15)17/h11-12,14H,3-10H2,1-2H3/t11-,12+. The Labute approximate surface area is 126 Å². The second-order valence-corrected chi connectivity index (χ2v) is 7.57. The normalized spacial score (nSPS) is 28.3. The lowest BCUT2D eigenvalue weighted by atomic mass is 10.3. The number of likely N-dealkylation sites (tertiary alicyclic amines) is 1. The summed E-state index contributed by atoms with van der Waals surface area (Å²) in [5, 5.41) is 0. The van der Waals surface area contributed by atoms with Gasteiger partial charge in [-0.2, -0.15) is 12.7 Å². The fourth-order valence-corrected chi connectivity index (χ4v) is 4.23. The molecule has 0 aliphatic carbocycles. The zero-order valence-electron chi connectivity index (χ0n) is 12.7. The third-order valence-electron chi connectivity index (χ3n) is 3.79. The zero-order valence-corrected chi connectivity index (χ0v) is 13.6. The van der Waals surface area contributed by atoms with Crippen LogP contribution in [0.5, 0.6) is 0 Å². The summed E-state index contributed by atoms with van der Waals surface area (Å²) in [5.41, 5.74) is 0. The molecule has 1 N–H and O–H groups in total. The molecule has 21 heavy (non-hydrogen) atoms. The van der Waals surface area contributed by atoms with E-state index in [1.165, 1.54) is 4.31 Å². The number of hydrogen-bond donors (Lipinski definition) is 1. The molecule has 0 saturated carbocycles. The Morgan fingerprint density at radius 2 is 1.95 bits per heavy atom. The summed E-state index contributed by atoms with van der Waals surface area (Å²) in [6.45, 7) is 6.27. The zero-order chi connectivity index (χ0) is 15.5. The largest absolute Gasteiger partial charge is 0.373 e. The predicted octanol–water partition coefficient (Wildman–Crippen LogP) is -0.0575. The lowest BCUT2D eigenvalue weighted by molar-refractivity contribution is -0.127. The van der Waals surface area contributed by atoms with Crippen molar-refractivity contribution in [2.45, 2.75) is 45.3 Å². The fraction of sp³-hybridized carbons (Fsp3) is 0.923. The summed E-state index contributed by atoms with van der Waals surface area (Å²) in [4.78, 5) is 13.2. The third kappa shape index (κ3) is 4.64. The molecule has 0 aromatic rings. The summed E-state index contributed by atoms with van der Waals surface area (Å²) in [6, 6.07) is 0. The number of morpholine rings is 1. The van der Waals surface area contributed by atoms with E-state index in [4.69, 9.17) is 4.74 Å². The highest BCUT2D eigenvalue weighted by Crippen LogP contribution is 2.13. The monoisotopic (exact) mass is 319 g/mol. The maximum Gasteiger partial charge on any atom is 0.279 e. The van der Waals surface area contributed by atoms with Crippen molar-refractivity contribution in [3.05, 3.63) is 0 Å². The van der Waals surface area contributed by atoms with Crippen LogP contribution in [0.4, 0.5) is 0 Å². The Morgan fingerprint density at radius 3 is 2.52 bits per heavy atom. The smallest absolute Gasteiger partial charge is 0.279 e. The van der Waals surface area contributed by atoms with Crippen molar-refractivity contribution in [1.29, 1.82) is 0 Å². The maximum absolute atomic E-state index is 12.2. The number of carbonyl (C=O) groups excluding carboxylic acids is 1. The maximum atomic E-state index is 12.2. The molecule has 2 atom stereocenters. The molecule has 0 aromatic carbocycles. The van der Waals surface area contributed by atoms with E-state index in [0.29, 0.717) is 39.0 Å². The van der Waals surface area contributed by atoms with Crippen molar-refractivity contribution in [2.24, 2.45) is 0 Å². The van der Waals surface area contributed by atoms with Gasteiger partial charge >= 0.3 is 0 Å². The summed E-state index contributed by atoms with van der Waals surface area (Å²) >= 11 is 0. The van der Waals surface area contributed by atoms with Crippen molar-refractivity contribution in [2.75, 3.05) is 32.7 Å². The van der Waals surface area contributed by atoms with Crippen LogP contribution in [0.2, 0.25) is 0 Å². The molecule has 1 amide bonds. The lowest BCUT2D eigenvalue weighted by Crippen LogP contribution is -2.52. The average Bonchev–Trinajstić information content (AvgIpc) is 2.79. The van der Waals surface area contributed by atoms with Crippen molar-refractivity contribution in [3.8, 4) is 0 Å². The van der Waals surface area contributed by atoms with Crippen molar-refractivity contribution < 1.29 is 17.9 Å². The Balaban J connectivity index is 1.74. The van der Waals surface area contributed by atoms with Gasteiger partial charge in [-0.25, -0.2) is 4.72 Å². The fourth-order valence-electron chi connectivity index (χ4n) is 2.83. The Hall–Kier alpha value is -0.700. The average molecular weight is 319 g/mol. The molecule has 0 unspecified atom stereocenters. The van der Waals surface area contributed by atoms with E-state index in [1.54, 1.807) is 4.90 Å². The third-order valence-corrected chi connectivity index (χ3v) is 5.33. The van der Waals surface area contributed by atoms with Gasteiger partial charge in [-0.3, -0.25) is 4.79 Å². The minimum Gasteiger partial charge on any atom is -0.373 e. The molecular weight excluding hydrogens is 294 g/mol. The van der Waals surface area contributed by atoms with Gasteiger partial charge in [0.2, 0.25) is 5.91 Å². The van der Waals surface area contributed by atoms with Crippen molar-refractivity contribution in [1.82, 2.24) is 13.9 Å². The first-order chi connectivity index (χ1) is 9.88. The quantitative estimate of drug-likeness (QED) is 0.696. The minimum atomic E-state index is -3.46. The van der Waals surface area contributed by atoms with Gasteiger partial charge in [0.15, 0.2) is 0 Å². The summed E-state index contributed by atoms with van der Waals surface area (Å²) < 4.78 is 34.0. The van der Waals surface area contributed by atoms with E-state index in [2.05, 4.69) is 4.72 Å². The van der Waals surface area contributed by atoms with Crippen molar-refractivity contribution in [3.63, 3.8) is 0 Å². The summed E-state index contributed by atoms with van der Waals surface area (Å²) in [5.74, 6) is 0.175. The highest BCUT2D eigenvalue weighted by atomic mass is 32.2. The van der Waals surface area contributed by atoms with Gasteiger partial charge in [-0.1, -0.05) is 0 Å². The first-order valence-electron chi connectivity index (χ1n) is 7.56. The van der Waals surface area contributed by atoms with Crippen LogP contribution in [0, 0.1) is 0 Å². The molecule has 2 rings (SSSR count). The molecule has 2 aliphatic rings. The van der Waals surface area contributed by atoms with E-state index in [0.717, 1.165) is 13.0 Å². The van der Waals surface area contributed by atoms with Gasteiger partial charge in [0.1, 0.15) is 0 Å². The number of nitrogens with one attached hydrogen (secondary N) is 1. The molecule has 0 spiro atoms. The summed E-state index contributed by atoms with van der Waals surface area (Å²) in [6.07, 6.45) is 1.99. The van der Waals surface area contributed by atoms with Gasteiger partial charge in [-0.15, -0.1) is 0 Å². The topological polar surface area (TPSA) is 79.0 Å². The predicted molar refractivity (Wildman–Crippen MR) is 78.9 cm³/mol. The van der Waals surface area contributed by atoms with Crippen LogP contribution in [0.1, 0.15) is 33.1 Å². The molecule has 8 heteroatoms. The van der Waals surface area contributed by atoms with Gasteiger partial charge in [-0.05, 0) is 26.7 Å². The Bertz CT molecular complexity index is 458. The van der Waals surface area contributed by atoms with Gasteiger partial charge in [0.05, 0.1) is 12.2 Å². The molecule has 2 fully saturated rings. The first kappa shape index (κ1) is 16.7. The Morgan fingerprint density at radius 1 is 1.29 bits per heavy atom. The lowest BCUT2D eigenvalue weighted by Gasteiger charge is -2.34. The molecule has 122 valence electrons. The second kappa shape index (κ2) is 7.04. The molecule has 0 radical (unpaired) electrons. The number of nitrogens with zero attached hydrogens (tertiary/aromatic N) is 2. The van der Waals surface area contributed by atoms with Crippen LogP contribution in [0.15, 0.2) is 0 Å². The van der Waals surface area contributed by atoms with Crippen molar-refractivity contribution >= 4 is 16.1 Å². The molecule has 0 aromatic heterocycles. The highest BCUT2D eigenvalue weighted by Gasteiger charge is 2.30. The number of hydrogen-bond acceptors (Lipinski definition) is 4. The van der Waals surface area contributed by atoms with Gasteiger partial charge in [0, 0.05) is 39.1 Å². The van der Waals surface area contributed by atoms with Gasteiger partial charge in [0.25, 0.3) is 10.2 Å². The number of amides is 1. The number of ether oxygens (including phenoxy) is 1. The van der Waals surface area contributed by atoms with E-state index in [9.17, 15) is 13.2 Å². The van der Waals surface area contributed by atoms with Crippen LogP contribution in [-0.2, 0) is 19.7 Å². The molecule has 2 saturated heterocycles.